The number of rotatable bonds is 3. The third-order valence-electron chi connectivity index (χ3n) is 3.94. The zero-order valence-corrected chi connectivity index (χ0v) is 12.4. The van der Waals surface area contributed by atoms with Gasteiger partial charge in [-0.15, -0.1) is 0 Å². The van der Waals surface area contributed by atoms with Gasteiger partial charge in [0.1, 0.15) is 0 Å². The molecular weight excluding hydrogens is 274 g/mol. The van der Waals surface area contributed by atoms with Crippen molar-refractivity contribution in [2.24, 2.45) is 0 Å². The molecule has 0 saturated carbocycles. The lowest BCUT2D eigenvalue weighted by Crippen LogP contribution is -2.37. The van der Waals surface area contributed by atoms with Crippen LogP contribution in [0.25, 0.3) is 0 Å². The molecule has 22 heavy (non-hydrogen) atoms. The lowest BCUT2D eigenvalue weighted by atomic mass is 10.1. The number of amides is 1. The Morgan fingerprint density at radius 3 is 2.95 bits per heavy atom. The van der Waals surface area contributed by atoms with E-state index in [9.17, 15) is 4.79 Å². The number of para-hydroxylation sites is 1. The Morgan fingerprint density at radius 2 is 2.14 bits per heavy atom. The van der Waals surface area contributed by atoms with Crippen LogP contribution in [0.15, 0.2) is 48.5 Å². The summed E-state index contributed by atoms with van der Waals surface area (Å²) >= 11 is 0. The molecule has 1 N–H and O–H groups in total. The molecule has 1 heterocycles. The second-order valence-corrected chi connectivity index (χ2v) is 5.55. The number of nitrogens with zero attached hydrogens (tertiary/aromatic N) is 2. The van der Waals surface area contributed by atoms with Gasteiger partial charge in [0.2, 0.25) is 5.91 Å². The Labute approximate surface area is 130 Å². The molecule has 0 aromatic heterocycles. The molecule has 1 atom stereocenters. The minimum absolute atomic E-state index is 0.0707. The van der Waals surface area contributed by atoms with E-state index < -0.39 is 0 Å². The van der Waals surface area contributed by atoms with Crippen molar-refractivity contribution in [3.05, 3.63) is 59.7 Å². The van der Waals surface area contributed by atoms with Crippen LogP contribution in [0.4, 0.5) is 11.4 Å². The first-order valence-electron chi connectivity index (χ1n) is 7.32. The molecule has 1 aliphatic rings. The standard InChI is InChI=1S/C18H17N3O/c1-13-9-15-6-2-3-8-17(15)21(13)12-18(22)20-16-7-4-5-14(10-16)11-19/h2-8,10,13H,9,12H2,1H3,(H,20,22)/t13-/m1/s1. The van der Waals surface area contributed by atoms with E-state index in [1.807, 2.05) is 12.1 Å². The summed E-state index contributed by atoms with van der Waals surface area (Å²) < 4.78 is 0. The third-order valence-corrected chi connectivity index (χ3v) is 3.94. The largest absolute Gasteiger partial charge is 0.359 e. The van der Waals surface area contributed by atoms with Gasteiger partial charge in [-0.05, 0) is 43.2 Å². The zero-order chi connectivity index (χ0) is 15.5. The first-order chi connectivity index (χ1) is 10.7. The number of hydrogen-bond acceptors (Lipinski definition) is 3. The minimum atomic E-state index is -0.0707. The molecule has 0 aliphatic carbocycles. The second-order valence-electron chi connectivity index (χ2n) is 5.55. The number of carbonyl (C=O) groups is 1. The van der Waals surface area contributed by atoms with Crippen molar-refractivity contribution in [1.29, 1.82) is 5.26 Å². The van der Waals surface area contributed by atoms with Gasteiger partial charge in [-0.1, -0.05) is 24.3 Å². The van der Waals surface area contributed by atoms with Crippen LogP contribution in [-0.2, 0) is 11.2 Å². The highest BCUT2D eigenvalue weighted by atomic mass is 16.2. The Bertz CT molecular complexity index is 748. The van der Waals surface area contributed by atoms with Crippen LogP contribution in [0, 0.1) is 11.3 Å². The van der Waals surface area contributed by atoms with Crippen LogP contribution in [0.1, 0.15) is 18.1 Å². The molecular formula is C18H17N3O. The van der Waals surface area contributed by atoms with Gasteiger partial charge in [0, 0.05) is 17.4 Å². The van der Waals surface area contributed by atoms with E-state index in [4.69, 9.17) is 5.26 Å². The van der Waals surface area contributed by atoms with Gasteiger partial charge in [-0.25, -0.2) is 0 Å². The molecule has 0 spiro atoms. The van der Waals surface area contributed by atoms with E-state index in [0.717, 1.165) is 12.1 Å². The maximum atomic E-state index is 12.3. The van der Waals surface area contributed by atoms with Crippen molar-refractivity contribution in [3.8, 4) is 6.07 Å². The highest BCUT2D eigenvalue weighted by molar-refractivity contribution is 5.94. The monoisotopic (exact) mass is 291 g/mol. The summed E-state index contributed by atoms with van der Waals surface area (Å²) in [5, 5.41) is 11.8. The molecule has 0 unspecified atom stereocenters. The predicted molar refractivity (Wildman–Crippen MR) is 86.7 cm³/mol. The van der Waals surface area contributed by atoms with Gasteiger partial charge < -0.3 is 10.2 Å². The first-order valence-corrected chi connectivity index (χ1v) is 7.32. The zero-order valence-electron chi connectivity index (χ0n) is 12.4. The Kier molecular flexibility index (Phi) is 3.80. The van der Waals surface area contributed by atoms with Gasteiger partial charge in [-0.2, -0.15) is 5.26 Å². The Hall–Kier alpha value is -2.80. The molecule has 2 aromatic carbocycles. The summed E-state index contributed by atoms with van der Waals surface area (Å²) in [4.78, 5) is 14.4. The summed E-state index contributed by atoms with van der Waals surface area (Å²) in [5.74, 6) is -0.0707. The van der Waals surface area contributed by atoms with Crippen molar-refractivity contribution in [2.45, 2.75) is 19.4 Å². The molecule has 2 aromatic rings. The average molecular weight is 291 g/mol. The van der Waals surface area contributed by atoms with Gasteiger partial charge in [-0.3, -0.25) is 4.79 Å². The number of fused-ring (bicyclic) bond motifs is 1. The fraction of sp³-hybridized carbons (Fsp3) is 0.222. The molecule has 1 amide bonds. The van der Waals surface area contributed by atoms with E-state index in [-0.39, 0.29) is 5.91 Å². The molecule has 3 rings (SSSR count). The molecule has 4 heteroatoms. The fourth-order valence-electron chi connectivity index (χ4n) is 2.89. The van der Waals surface area contributed by atoms with Crippen molar-refractivity contribution < 1.29 is 4.79 Å². The van der Waals surface area contributed by atoms with Crippen molar-refractivity contribution >= 4 is 17.3 Å². The van der Waals surface area contributed by atoms with Crippen LogP contribution in [0.5, 0.6) is 0 Å². The highest BCUT2D eigenvalue weighted by Crippen LogP contribution is 2.31. The van der Waals surface area contributed by atoms with Crippen molar-refractivity contribution in [2.75, 3.05) is 16.8 Å². The molecule has 0 bridgehead atoms. The van der Waals surface area contributed by atoms with Crippen LogP contribution in [0.2, 0.25) is 0 Å². The van der Waals surface area contributed by atoms with Gasteiger partial charge in [0.05, 0.1) is 18.2 Å². The molecule has 0 fully saturated rings. The molecule has 4 nitrogen and oxygen atoms in total. The summed E-state index contributed by atoms with van der Waals surface area (Å²) in [7, 11) is 0. The molecule has 110 valence electrons. The number of benzene rings is 2. The normalized spacial score (nSPS) is 16.0. The van der Waals surface area contributed by atoms with Gasteiger partial charge >= 0.3 is 0 Å². The van der Waals surface area contributed by atoms with E-state index >= 15 is 0 Å². The van der Waals surface area contributed by atoms with E-state index in [0.29, 0.717) is 23.8 Å². The van der Waals surface area contributed by atoms with E-state index in [1.54, 1.807) is 24.3 Å². The summed E-state index contributed by atoms with van der Waals surface area (Å²) in [6.07, 6.45) is 0.966. The van der Waals surface area contributed by atoms with Crippen LogP contribution < -0.4 is 10.2 Å². The summed E-state index contributed by atoms with van der Waals surface area (Å²) in [6.45, 7) is 2.44. The topological polar surface area (TPSA) is 56.1 Å². The number of nitrogens with one attached hydrogen (secondary N) is 1. The number of hydrogen-bond donors (Lipinski definition) is 1. The van der Waals surface area contributed by atoms with Gasteiger partial charge in [0.25, 0.3) is 0 Å². The number of carbonyl (C=O) groups excluding carboxylic acids is 1. The van der Waals surface area contributed by atoms with Crippen molar-refractivity contribution in [3.63, 3.8) is 0 Å². The van der Waals surface area contributed by atoms with Crippen LogP contribution >= 0.6 is 0 Å². The average Bonchev–Trinajstić information content (AvgIpc) is 2.83. The quantitative estimate of drug-likeness (QED) is 0.946. The second kappa shape index (κ2) is 5.90. The summed E-state index contributed by atoms with van der Waals surface area (Å²) in [6, 6.07) is 17.5. The maximum absolute atomic E-state index is 12.3. The van der Waals surface area contributed by atoms with Crippen LogP contribution in [-0.4, -0.2) is 18.5 Å². The number of nitriles is 1. The molecule has 1 aliphatic heterocycles. The third kappa shape index (κ3) is 2.79. The summed E-state index contributed by atoms with van der Waals surface area (Å²) in [5.41, 5.74) is 3.62. The first kappa shape index (κ1) is 14.2. The number of anilines is 2. The predicted octanol–water partition coefficient (Wildman–Crippen LogP) is 2.95. The molecule has 0 radical (unpaired) electrons. The Morgan fingerprint density at radius 1 is 1.32 bits per heavy atom. The smallest absolute Gasteiger partial charge is 0.243 e. The maximum Gasteiger partial charge on any atom is 0.243 e. The van der Waals surface area contributed by atoms with E-state index in [1.165, 1.54) is 5.56 Å². The fourth-order valence-corrected chi connectivity index (χ4v) is 2.89. The lowest BCUT2D eigenvalue weighted by molar-refractivity contribution is -0.115. The van der Waals surface area contributed by atoms with E-state index in [2.05, 4.69) is 35.3 Å². The molecule has 0 saturated heterocycles. The Balaban J connectivity index is 1.71. The lowest BCUT2D eigenvalue weighted by Gasteiger charge is -2.24. The van der Waals surface area contributed by atoms with Crippen LogP contribution in [0.3, 0.4) is 0 Å². The van der Waals surface area contributed by atoms with Gasteiger partial charge in [0.15, 0.2) is 0 Å². The highest BCUT2D eigenvalue weighted by Gasteiger charge is 2.26. The minimum Gasteiger partial charge on any atom is -0.359 e. The van der Waals surface area contributed by atoms with Crippen molar-refractivity contribution in [1.82, 2.24) is 0 Å². The SMILES string of the molecule is C[C@@H]1Cc2ccccc2N1CC(=O)Nc1cccc(C#N)c1.